The van der Waals surface area contributed by atoms with Gasteiger partial charge in [-0.05, 0) is 44.2 Å². The molecule has 3 aromatic carbocycles. The van der Waals surface area contributed by atoms with Gasteiger partial charge in [-0.25, -0.2) is 4.39 Å². The van der Waals surface area contributed by atoms with Crippen LogP contribution in [0.15, 0.2) is 75.9 Å². The summed E-state index contributed by atoms with van der Waals surface area (Å²) in [4.78, 5) is 13.0. The maximum absolute atomic E-state index is 13.8. The van der Waals surface area contributed by atoms with Gasteiger partial charge in [0.15, 0.2) is 11.5 Å². The Bertz CT molecular complexity index is 1280. The summed E-state index contributed by atoms with van der Waals surface area (Å²) in [6, 6.07) is 18.4. The van der Waals surface area contributed by atoms with Crippen molar-refractivity contribution in [3.8, 4) is 23.0 Å². The Morgan fingerprint density at radius 1 is 0.935 bits per heavy atom. The van der Waals surface area contributed by atoms with Crippen LogP contribution in [0.2, 0.25) is 0 Å². The molecule has 0 radical (unpaired) electrons. The van der Waals surface area contributed by atoms with E-state index < -0.39 is 0 Å². The molecule has 0 unspecified atom stereocenters. The van der Waals surface area contributed by atoms with E-state index in [9.17, 15) is 9.18 Å². The zero-order valence-electron chi connectivity index (χ0n) is 17.2. The number of fused-ring (bicyclic) bond motifs is 1. The molecule has 0 fully saturated rings. The number of ether oxygens (including phenoxy) is 3. The Balaban J connectivity index is 1.63. The van der Waals surface area contributed by atoms with E-state index in [0.717, 1.165) is 0 Å². The van der Waals surface area contributed by atoms with Crippen LogP contribution in [0.25, 0.3) is 11.0 Å². The standard InChI is InChI=1S/C25H21FO5/c1-3-28-21-10-6-7-11-22(21)31-25-16(2)30-23-14-18(12-13-19(23)24(25)27)29-15-17-8-4-5-9-20(17)26/h4-14H,3,15H2,1-2H3. The fourth-order valence-corrected chi connectivity index (χ4v) is 3.17. The molecular formula is C25H21FO5. The molecule has 6 heteroatoms. The molecule has 0 saturated carbocycles. The summed E-state index contributed by atoms with van der Waals surface area (Å²) >= 11 is 0. The van der Waals surface area contributed by atoms with Gasteiger partial charge < -0.3 is 18.6 Å². The number of hydrogen-bond donors (Lipinski definition) is 0. The third-order valence-corrected chi connectivity index (χ3v) is 4.70. The summed E-state index contributed by atoms with van der Waals surface area (Å²) in [5, 5.41) is 0.354. The minimum absolute atomic E-state index is 0.0663. The van der Waals surface area contributed by atoms with Crippen molar-refractivity contribution in [2.75, 3.05) is 6.61 Å². The second-order valence-corrected chi connectivity index (χ2v) is 6.84. The molecule has 4 rings (SSSR count). The number of hydrogen-bond acceptors (Lipinski definition) is 5. The van der Waals surface area contributed by atoms with Gasteiger partial charge in [-0.2, -0.15) is 0 Å². The molecule has 0 atom stereocenters. The number of para-hydroxylation sites is 2. The quantitative estimate of drug-likeness (QED) is 0.366. The number of aryl methyl sites for hydroxylation is 1. The fourth-order valence-electron chi connectivity index (χ4n) is 3.17. The summed E-state index contributed by atoms with van der Waals surface area (Å²) in [7, 11) is 0. The SMILES string of the molecule is CCOc1ccccc1Oc1c(C)oc2cc(OCc3ccccc3F)ccc2c1=O. The number of rotatable bonds is 7. The Hall–Kier alpha value is -3.80. The summed E-state index contributed by atoms with van der Waals surface area (Å²) in [5.41, 5.74) is 0.502. The minimum atomic E-state index is -0.334. The van der Waals surface area contributed by atoms with E-state index in [1.165, 1.54) is 6.07 Å². The lowest BCUT2D eigenvalue weighted by molar-refractivity contribution is 0.299. The van der Waals surface area contributed by atoms with E-state index in [-0.39, 0.29) is 23.6 Å². The van der Waals surface area contributed by atoms with Gasteiger partial charge >= 0.3 is 0 Å². The zero-order chi connectivity index (χ0) is 21.8. The third kappa shape index (κ3) is 4.38. The predicted molar refractivity (Wildman–Crippen MR) is 116 cm³/mol. The van der Waals surface area contributed by atoms with Gasteiger partial charge in [-0.15, -0.1) is 0 Å². The summed E-state index contributed by atoms with van der Waals surface area (Å²) in [5.74, 6) is 1.54. The monoisotopic (exact) mass is 420 g/mol. The highest BCUT2D eigenvalue weighted by molar-refractivity contribution is 5.79. The molecule has 0 aliphatic heterocycles. The van der Waals surface area contributed by atoms with Crippen LogP contribution in [0.4, 0.5) is 4.39 Å². The molecule has 0 aliphatic rings. The topological polar surface area (TPSA) is 57.9 Å². The molecular weight excluding hydrogens is 399 g/mol. The first-order valence-corrected chi connectivity index (χ1v) is 9.90. The smallest absolute Gasteiger partial charge is 0.235 e. The van der Waals surface area contributed by atoms with Gasteiger partial charge in [0.2, 0.25) is 11.2 Å². The van der Waals surface area contributed by atoms with Gasteiger partial charge in [0.25, 0.3) is 0 Å². The van der Waals surface area contributed by atoms with Crippen LogP contribution < -0.4 is 19.6 Å². The molecule has 0 amide bonds. The van der Waals surface area contributed by atoms with E-state index in [2.05, 4.69) is 0 Å². The fraction of sp³-hybridized carbons (Fsp3) is 0.160. The summed E-state index contributed by atoms with van der Waals surface area (Å²) in [6.45, 7) is 4.07. The largest absolute Gasteiger partial charge is 0.490 e. The first-order chi connectivity index (χ1) is 15.1. The molecule has 31 heavy (non-hydrogen) atoms. The molecule has 0 spiro atoms. The average Bonchev–Trinajstić information content (AvgIpc) is 2.77. The second-order valence-electron chi connectivity index (χ2n) is 6.84. The minimum Gasteiger partial charge on any atom is -0.490 e. The highest BCUT2D eigenvalue weighted by atomic mass is 19.1. The molecule has 0 bridgehead atoms. The molecule has 0 aliphatic carbocycles. The zero-order valence-corrected chi connectivity index (χ0v) is 17.2. The molecule has 158 valence electrons. The Morgan fingerprint density at radius 2 is 1.68 bits per heavy atom. The first kappa shape index (κ1) is 20.5. The Labute approximate surface area is 178 Å². The average molecular weight is 420 g/mol. The van der Waals surface area contributed by atoms with Gasteiger partial charge in [0.1, 0.15) is 29.5 Å². The first-order valence-electron chi connectivity index (χ1n) is 9.90. The van der Waals surface area contributed by atoms with Crippen LogP contribution >= 0.6 is 0 Å². The molecule has 0 N–H and O–H groups in total. The van der Waals surface area contributed by atoms with E-state index in [1.54, 1.807) is 61.5 Å². The van der Waals surface area contributed by atoms with Crippen LogP contribution in [0, 0.1) is 12.7 Å². The van der Waals surface area contributed by atoms with Gasteiger partial charge in [0.05, 0.1) is 12.0 Å². The Morgan fingerprint density at radius 3 is 2.45 bits per heavy atom. The number of halogens is 1. The van der Waals surface area contributed by atoms with Crippen molar-refractivity contribution in [1.82, 2.24) is 0 Å². The molecule has 5 nitrogen and oxygen atoms in total. The lowest BCUT2D eigenvalue weighted by Gasteiger charge is -2.13. The van der Waals surface area contributed by atoms with Crippen molar-refractivity contribution >= 4 is 11.0 Å². The van der Waals surface area contributed by atoms with E-state index in [0.29, 0.717) is 46.1 Å². The van der Waals surface area contributed by atoms with E-state index in [1.807, 2.05) is 13.0 Å². The maximum atomic E-state index is 13.8. The van der Waals surface area contributed by atoms with Crippen LogP contribution in [-0.2, 0) is 6.61 Å². The van der Waals surface area contributed by atoms with Crippen molar-refractivity contribution < 1.29 is 23.0 Å². The van der Waals surface area contributed by atoms with Crippen molar-refractivity contribution in [2.45, 2.75) is 20.5 Å². The predicted octanol–water partition coefficient (Wildman–Crippen LogP) is 6.01. The second kappa shape index (κ2) is 8.92. The van der Waals surface area contributed by atoms with E-state index in [4.69, 9.17) is 18.6 Å². The van der Waals surface area contributed by atoms with E-state index >= 15 is 0 Å². The maximum Gasteiger partial charge on any atom is 0.235 e. The van der Waals surface area contributed by atoms with Crippen LogP contribution in [-0.4, -0.2) is 6.61 Å². The lowest BCUT2D eigenvalue weighted by Crippen LogP contribution is -2.08. The van der Waals surface area contributed by atoms with Crippen LogP contribution in [0.1, 0.15) is 18.2 Å². The van der Waals surface area contributed by atoms with Crippen molar-refractivity contribution in [3.63, 3.8) is 0 Å². The normalized spacial score (nSPS) is 10.8. The van der Waals surface area contributed by atoms with Gasteiger partial charge in [-0.1, -0.05) is 30.3 Å². The number of benzene rings is 3. The lowest BCUT2D eigenvalue weighted by atomic mass is 10.2. The molecule has 1 aromatic heterocycles. The summed E-state index contributed by atoms with van der Waals surface area (Å²) in [6.07, 6.45) is 0. The highest BCUT2D eigenvalue weighted by Crippen LogP contribution is 2.33. The van der Waals surface area contributed by atoms with Crippen LogP contribution in [0.5, 0.6) is 23.0 Å². The Kier molecular flexibility index (Phi) is 5.89. The third-order valence-electron chi connectivity index (χ3n) is 4.70. The van der Waals surface area contributed by atoms with Crippen molar-refractivity contribution in [1.29, 1.82) is 0 Å². The highest BCUT2D eigenvalue weighted by Gasteiger charge is 2.16. The van der Waals surface area contributed by atoms with Crippen LogP contribution in [0.3, 0.4) is 0 Å². The van der Waals surface area contributed by atoms with Crippen molar-refractivity contribution in [3.05, 3.63) is 94.1 Å². The van der Waals surface area contributed by atoms with Gasteiger partial charge in [0, 0.05) is 11.6 Å². The van der Waals surface area contributed by atoms with Crippen molar-refractivity contribution in [2.24, 2.45) is 0 Å². The summed E-state index contributed by atoms with van der Waals surface area (Å²) < 4.78 is 36.7. The molecule has 1 heterocycles. The molecule has 0 saturated heterocycles. The molecule has 4 aromatic rings. The van der Waals surface area contributed by atoms with Gasteiger partial charge in [-0.3, -0.25) is 4.79 Å².